The Morgan fingerprint density at radius 1 is 1.41 bits per heavy atom. The summed E-state index contributed by atoms with van der Waals surface area (Å²) in [4.78, 5) is 28.6. The number of H-pyrrole nitrogens is 1. The molecule has 1 aromatic heterocycles. The van der Waals surface area contributed by atoms with Gasteiger partial charge in [0.25, 0.3) is 11.5 Å². The van der Waals surface area contributed by atoms with Crippen LogP contribution in [-0.4, -0.2) is 15.9 Å². The van der Waals surface area contributed by atoms with Crippen molar-refractivity contribution in [1.29, 1.82) is 0 Å². The lowest BCUT2D eigenvalue weighted by Crippen LogP contribution is -2.16. The van der Waals surface area contributed by atoms with Crippen LogP contribution in [-0.2, 0) is 0 Å². The van der Waals surface area contributed by atoms with Gasteiger partial charge in [-0.1, -0.05) is 17.7 Å². The van der Waals surface area contributed by atoms with Gasteiger partial charge < -0.3 is 10.3 Å². The fraction of sp³-hybridized carbons (Fsp3) is 0. The van der Waals surface area contributed by atoms with Crippen LogP contribution in [0.15, 0.2) is 41.5 Å². The maximum absolute atomic E-state index is 11.7. The molecule has 1 amide bonds. The molecule has 0 fully saturated rings. The van der Waals surface area contributed by atoms with Crippen LogP contribution in [0.25, 0.3) is 0 Å². The summed E-state index contributed by atoms with van der Waals surface area (Å²) < 4.78 is 0. The maximum atomic E-state index is 11.7. The Morgan fingerprint density at radius 3 is 2.88 bits per heavy atom. The first-order valence-electron chi connectivity index (χ1n) is 4.77. The number of benzene rings is 1. The number of aromatic nitrogens is 2. The number of rotatable bonds is 2. The predicted octanol–water partition coefficient (Wildman–Crippen LogP) is 1.68. The highest BCUT2D eigenvalue weighted by atomic mass is 35.5. The van der Waals surface area contributed by atoms with Gasteiger partial charge in [0.05, 0.1) is 6.20 Å². The second-order valence-electron chi connectivity index (χ2n) is 3.26. The molecule has 0 aliphatic rings. The Kier molecular flexibility index (Phi) is 3.20. The fourth-order valence-electron chi connectivity index (χ4n) is 1.23. The highest BCUT2D eigenvalue weighted by Crippen LogP contribution is 2.15. The number of aromatic amines is 1. The largest absolute Gasteiger partial charge is 0.325 e. The lowest BCUT2D eigenvalue weighted by Gasteiger charge is -2.04. The van der Waals surface area contributed by atoms with Crippen molar-refractivity contribution in [3.05, 3.63) is 57.7 Å². The van der Waals surface area contributed by atoms with Crippen molar-refractivity contribution in [3.8, 4) is 0 Å². The first-order valence-corrected chi connectivity index (χ1v) is 5.14. The highest BCUT2D eigenvalue weighted by Gasteiger charge is 2.07. The molecule has 1 heterocycles. The number of amides is 1. The Bertz CT molecular complexity index is 589. The van der Waals surface area contributed by atoms with Crippen molar-refractivity contribution in [2.45, 2.75) is 0 Å². The molecule has 0 saturated carbocycles. The summed E-state index contributed by atoms with van der Waals surface area (Å²) in [5, 5.41) is 3.14. The van der Waals surface area contributed by atoms with E-state index in [1.54, 1.807) is 24.3 Å². The molecule has 0 aliphatic heterocycles. The molecule has 2 rings (SSSR count). The van der Waals surface area contributed by atoms with E-state index in [2.05, 4.69) is 15.3 Å². The molecule has 5 nitrogen and oxygen atoms in total. The van der Waals surface area contributed by atoms with E-state index in [-0.39, 0.29) is 11.3 Å². The minimum atomic E-state index is -0.413. The van der Waals surface area contributed by atoms with E-state index in [9.17, 15) is 9.59 Å². The van der Waals surface area contributed by atoms with Crippen LogP contribution in [0.2, 0.25) is 5.02 Å². The third-order valence-corrected chi connectivity index (χ3v) is 2.22. The number of nitrogens with one attached hydrogen (secondary N) is 2. The molecule has 0 bridgehead atoms. The molecule has 2 aromatic rings. The summed E-state index contributed by atoms with van der Waals surface area (Å²) in [6.45, 7) is 0. The van der Waals surface area contributed by atoms with Gasteiger partial charge in [-0.3, -0.25) is 9.59 Å². The van der Waals surface area contributed by atoms with Gasteiger partial charge in [0.1, 0.15) is 5.69 Å². The van der Waals surface area contributed by atoms with Gasteiger partial charge in [-0.05, 0) is 18.2 Å². The van der Waals surface area contributed by atoms with Crippen LogP contribution < -0.4 is 10.9 Å². The van der Waals surface area contributed by atoms with Crippen LogP contribution >= 0.6 is 11.6 Å². The number of anilines is 1. The Hall–Kier alpha value is -2.14. The van der Waals surface area contributed by atoms with E-state index in [1.165, 1.54) is 6.20 Å². The molecule has 1 aromatic carbocycles. The molecule has 6 heteroatoms. The molecule has 0 atom stereocenters. The summed E-state index contributed by atoms with van der Waals surface area (Å²) in [5.74, 6) is -0.413. The van der Waals surface area contributed by atoms with Crippen molar-refractivity contribution in [2.24, 2.45) is 0 Å². The molecule has 0 aliphatic carbocycles. The third kappa shape index (κ3) is 2.92. The molecule has 0 saturated heterocycles. The first kappa shape index (κ1) is 11.3. The highest BCUT2D eigenvalue weighted by molar-refractivity contribution is 6.30. The Morgan fingerprint density at radius 2 is 2.24 bits per heavy atom. The van der Waals surface area contributed by atoms with E-state index in [1.807, 2.05) is 0 Å². The van der Waals surface area contributed by atoms with Crippen molar-refractivity contribution in [1.82, 2.24) is 9.97 Å². The van der Waals surface area contributed by atoms with Crippen LogP contribution in [0.1, 0.15) is 10.5 Å². The normalized spacial score (nSPS) is 9.94. The number of nitrogens with zero attached hydrogens (tertiary/aromatic N) is 1. The van der Waals surface area contributed by atoms with Gasteiger partial charge in [-0.25, -0.2) is 4.98 Å². The lowest BCUT2D eigenvalue weighted by atomic mass is 10.3. The Labute approximate surface area is 101 Å². The number of carbonyl (C=O) groups excluding carboxylic acids is 1. The average Bonchev–Trinajstić information content (AvgIpc) is 2.29. The topological polar surface area (TPSA) is 74.8 Å². The second-order valence-corrected chi connectivity index (χ2v) is 3.70. The van der Waals surface area contributed by atoms with Crippen molar-refractivity contribution in [3.63, 3.8) is 0 Å². The SMILES string of the molecule is O=C(Nc1cccc(Cl)c1)c1c[nH]c(=O)cn1. The van der Waals surface area contributed by atoms with Crippen molar-refractivity contribution < 1.29 is 4.79 Å². The second kappa shape index (κ2) is 4.80. The molecule has 0 unspecified atom stereocenters. The summed E-state index contributed by atoms with van der Waals surface area (Å²) >= 11 is 5.78. The number of hydrogen-bond acceptors (Lipinski definition) is 3. The molecular formula is C11H8ClN3O2. The zero-order valence-electron chi connectivity index (χ0n) is 8.61. The van der Waals surface area contributed by atoms with Crippen LogP contribution in [0.5, 0.6) is 0 Å². The van der Waals surface area contributed by atoms with Crippen molar-refractivity contribution >= 4 is 23.2 Å². The molecule has 17 heavy (non-hydrogen) atoms. The van der Waals surface area contributed by atoms with E-state index in [0.29, 0.717) is 10.7 Å². The smallest absolute Gasteiger partial charge is 0.275 e. The minimum absolute atomic E-state index is 0.129. The van der Waals surface area contributed by atoms with E-state index in [4.69, 9.17) is 11.6 Å². The fourth-order valence-corrected chi connectivity index (χ4v) is 1.42. The Balaban J connectivity index is 2.17. The quantitative estimate of drug-likeness (QED) is 0.850. The molecule has 0 radical (unpaired) electrons. The van der Waals surface area contributed by atoms with E-state index < -0.39 is 5.91 Å². The standard InChI is InChI=1S/C11H8ClN3O2/c12-7-2-1-3-8(4-7)15-11(17)9-5-14-10(16)6-13-9/h1-6H,(H,14,16)(H,15,17). The minimum Gasteiger partial charge on any atom is -0.325 e. The van der Waals surface area contributed by atoms with E-state index in [0.717, 1.165) is 6.20 Å². The zero-order valence-corrected chi connectivity index (χ0v) is 9.36. The predicted molar refractivity (Wildman–Crippen MR) is 64.3 cm³/mol. The third-order valence-electron chi connectivity index (χ3n) is 1.99. The van der Waals surface area contributed by atoms with Gasteiger partial charge >= 0.3 is 0 Å². The zero-order chi connectivity index (χ0) is 12.3. The molecule has 2 N–H and O–H groups in total. The summed E-state index contributed by atoms with van der Waals surface area (Å²) in [7, 11) is 0. The van der Waals surface area contributed by atoms with Crippen molar-refractivity contribution in [2.75, 3.05) is 5.32 Å². The average molecular weight is 250 g/mol. The van der Waals surface area contributed by atoms with E-state index >= 15 is 0 Å². The van der Waals surface area contributed by atoms with Gasteiger partial charge in [0.2, 0.25) is 0 Å². The molecular weight excluding hydrogens is 242 g/mol. The maximum Gasteiger partial charge on any atom is 0.275 e. The van der Waals surface area contributed by atoms with Gasteiger partial charge in [-0.2, -0.15) is 0 Å². The summed E-state index contributed by atoms with van der Waals surface area (Å²) in [6.07, 6.45) is 2.30. The lowest BCUT2D eigenvalue weighted by molar-refractivity contribution is 0.102. The van der Waals surface area contributed by atoms with Gasteiger partial charge in [-0.15, -0.1) is 0 Å². The molecule has 0 spiro atoms. The van der Waals surface area contributed by atoms with Crippen LogP contribution in [0.4, 0.5) is 5.69 Å². The summed E-state index contributed by atoms with van der Waals surface area (Å²) in [5.41, 5.74) is 0.337. The van der Waals surface area contributed by atoms with Gasteiger partial charge in [0, 0.05) is 16.9 Å². The molecule has 86 valence electrons. The number of hydrogen-bond donors (Lipinski definition) is 2. The number of halogens is 1. The van der Waals surface area contributed by atoms with Crippen LogP contribution in [0.3, 0.4) is 0 Å². The van der Waals surface area contributed by atoms with Crippen LogP contribution in [0, 0.1) is 0 Å². The summed E-state index contributed by atoms with van der Waals surface area (Å²) in [6, 6.07) is 6.74. The van der Waals surface area contributed by atoms with Gasteiger partial charge in [0.15, 0.2) is 0 Å². The monoisotopic (exact) mass is 249 g/mol. The first-order chi connectivity index (χ1) is 8.15. The number of carbonyl (C=O) groups is 1.